The number of hydrogen-bond acceptors (Lipinski definition) is 5. The van der Waals surface area contributed by atoms with Crippen molar-refractivity contribution < 1.29 is 14.3 Å². The topological polar surface area (TPSA) is 51.7 Å². The van der Waals surface area contributed by atoms with E-state index in [9.17, 15) is 4.79 Å². The average Bonchev–Trinajstić information content (AvgIpc) is 3.39. The molecule has 1 saturated heterocycles. The van der Waals surface area contributed by atoms with E-state index in [1.165, 1.54) is 0 Å². The largest absolute Gasteiger partial charge is 0.454 e. The van der Waals surface area contributed by atoms with Crippen LogP contribution >= 0.6 is 27.7 Å². The maximum absolute atomic E-state index is 12.7. The molecule has 30 heavy (non-hydrogen) atoms. The number of nitrogens with zero attached hydrogens (tertiary/aromatic N) is 2. The number of carbonyl (C=O) groups is 1. The van der Waals surface area contributed by atoms with Gasteiger partial charge < -0.3 is 14.4 Å². The van der Waals surface area contributed by atoms with Gasteiger partial charge in [-0.3, -0.25) is 9.78 Å². The fourth-order valence-electron chi connectivity index (χ4n) is 3.80. The number of amides is 1. The third-order valence-electron chi connectivity index (χ3n) is 5.32. The maximum atomic E-state index is 12.7. The van der Waals surface area contributed by atoms with Crippen molar-refractivity contribution in [1.29, 1.82) is 0 Å². The van der Waals surface area contributed by atoms with E-state index in [1.54, 1.807) is 18.0 Å². The predicted molar refractivity (Wildman–Crippen MR) is 121 cm³/mol. The van der Waals surface area contributed by atoms with Crippen molar-refractivity contribution in [3.63, 3.8) is 0 Å². The van der Waals surface area contributed by atoms with E-state index in [1.807, 2.05) is 47.5 Å². The van der Waals surface area contributed by atoms with Crippen LogP contribution in [0.5, 0.6) is 11.5 Å². The third-order valence-corrected chi connectivity index (χ3v) is 7.09. The Labute approximate surface area is 187 Å². The molecular formula is C23H19BrN2O3S. The summed E-state index contributed by atoms with van der Waals surface area (Å²) in [7, 11) is 0. The molecule has 152 valence electrons. The monoisotopic (exact) mass is 482 g/mol. The fraction of sp³-hybridized carbons (Fsp3) is 0.217. The molecule has 2 aromatic carbocycles. The van der Waals surface area contributed by atoms with Crippen molar-refractivity contribution in [2.75, 3.05) is 19.1 Å². The first kappa shape index (κ1) is 19.5. The Morgan fingerprint density at radius 2 is 1.93 bits per heavy atom. The molecular weight excluding hydrogens is 464 g/mol. The fourth-order valence-corrected chi connectivity index (χ4v) is 5.30. The van der Waals surface area contributed by atoms with Crippen molar-refractivity contribution in [3.8, 4) is 22.6 Å². The molecule has 1 aromatic heterocycles. The Morgan fingerprint density at radius 1 is 1.10 bits per heavy atom. The summed E-state index contributed by atoms with van der Waals surface area (Å²) in [6.07, 6.45) is 4.45. The van der Waals surface area contributed by atoms with Crippen LogP contribution in [0.2, 0.25) is 0 Å². The van der Waals surface area contributed by atoms with Gasteiger partial charge in [0.25, 0.3) is 0 Å². The number of carbonyl (C=O) groups excluding carboxylic acids is 1. The van der Waals surface area contributed by atoms with Crippen LogP contribution in [0.4, 0.5) is 0 Å². The Balaban J connectivity index is 1.39. The Hall–Kier alpha value is -2.51. The maximum Gasteiger partial charge on any atom is 0.233 e. The van der Waals surface area contributed by atoms with Gasteiger partial charge in [-0.05, 0) is 53.4 Å². The second kappa shape index (κ2) is 8.32. The molecule has 2 aliphatic rings. The van der Waals surface area contributed by atoms with Crippen LogP contribution in [0, 0.1) is 0 Å². The lowest BCUT2D eigenvalue weighted by atomic mass is 10.0. The van der Waals surface area contributed by atoms with E-state index in [4.69, 9.17) is 9.47 Å². The number of rotatable bonds is 5. The van der Waals surface area contributed by atoms with Crippen LogP contribution in [0.3, 0.4) is 0 Å². The Kier molecular flexibility index (Phi) is 5.39. The van der Waals surface area contributed by atoms with Crippen molar-refractivity contribution >= 4 is 33.6 Å². The highest BCUT2D eigenvalue weighted by Gasteiger charge is 2.34. The SMILES string of the molecule is O=C1CSC(c2cnccc2-c2ccc(Br)cc2)N1CCc1ccc2c(c1)OCO2. The lowest BCUT2D eigenvalue weighted by Gasteiger charge is -2.26. The zero-order chi connectivity index (χ0) is 20.5. The van der Waals surface area contributed by atoms with Gasteiger partial charge in [0, 0.05) is 29.0 Å². The van der Waals surface area contributed by atoms with Gasteiger partial charge in [0.15, 0.2) is 11.5 Å². The van der Waals surface area contributed by atoms with Crippen LogP contribution in [0.15, 0.2) is 65.4 Å². The molecule has 0 bridgehead atoms. The molecule has 0 aliphatic carbocycles. The molecule has 1 fully saturated rings. The first-order valence-electron chi connectivity index (χ1n) is 9.68. The second-order valence-electron chi connectivity index (χ2n) is 7.16. The van der Waals surface area contributed by atoms with Gasteiger partial charge in [0.2, 0.25) is 12.7 Å². The summed E-state index contributed by atoms with van der Waals surface area (Å²) in [4.78, 5) is 19.0. The van der Waals surface area contributed by atoms with Crippen molar-refractivity contribution in [2.24, 2.45) is 0 Å². The van der Waals surface area contributed by atoms with E-state index in [0.29, 0.717) is 12.3 Å². The van der Waals surface area contributed by atoms with Gasteiger partial charge in [0.1, 0.15) is 5.37 Å². The molecule has 1 amide bonds. The first-order valence-corrected chi connectivity index (χ1v) is 11.5. The number of halogens is 1. The highest BCUT2D eigenvalue weighted by molar-refractivity contribution is 9.10. The summed E-state index contributed by atoms with van der Waals surface area (Å²) in [6, 6.07) is 16.2. The molecule has 2 aliphatic heterocycles. The van der Waals surface area contributed by atoms with Crippen molar-refractivity contribution in [1.82, 2.24) is 9.88 Å². The van der Waals surface area contributed by atoms with Gasteiger partial charge >= 0.3 is 0 Å². The summed E-state index contributed by atoms with van der Waals surface area (Å²) < 4.78 is 11.9. The summed E-state index contributed by atoms with van der Waals surface area (Å²) in [5.41, 5.74) is 4.42. The highest BCUT2D eigenvalue weighted by Crippen LogP contribution is 2.42. The molecule has 5 rings (SSSR count). The molecule has 0 spiro atoms. The average molecular weight is 483 g/mol. The number of pyridine rings is 1. The predicted octanol–water partition coefficient (Wildman–Crippen LogP) is 5.06. The van der Waals surface area contributed by atoms with Crippen molar-refractivity contribution in [3.05, 3.63) is 76.5 Å². The van der Waals surface area contributed by atoms with E-state index >= 15 is 0 Å². The van der Waals surface area contributed by atoms with Gasteiger partial charge in [-0.1, -0.05) is 34.1 Å². The Bertz CT molecular complexity index is 1090. The van der Waals surface area contributed by atoms with E-state index in [-0.39, 0.29) is 18.1 Å². The van der Waals surface area contributed by atoms with Gasteiger partial charge in [-0.2, -0.15) is 0 Å². The molecule has 5 nitrogen and oxygen atoms in total. The standard InChI is InChI=1S/C23H19BrN2O3S/c24-17-4-2-16(3-5-17)18-7-9-25-12-19(18)23-26(22(27)13-30-23)10-8-15-1-6-20-21(11-15)29-14-28-20/h1-7,9,11-12,23H,8,10,13-14H2. The quantitative estimate of drug-likeness (QED) is 0.508. The molecule has 1 atom stereocenters. The minimum absolute atomic E-state index is 0.0427. The molecule has 3 aromatic rings. The van der Waals surface area contributed by atoms with Crippen molar-refractivity contribution in [2.45, 2.75) is 11.8 Å². The van der Waals surface area contributed by atoms with Crippen LogP contribution in [-0.2, 0) is 11.2 Å². The summed E-state index contributed by atoms with van der Waals surface area (Å²) in [6.45, 7) is 0.909. The van der Waals surface area contributed by atoms with E-state index in [2.05, 4.69) is 33.0 Å². The van der Waals surface area contributed by atoms with E-state index in [0.717, 1.165) is 44.6 Å². The third kappa shape index (κ3) is 3.79. The second-order valence-corrected chi connectivity index (χ2v) is 9.14. The summed E-state index contributed by atoms with van der Waals surface area (Å²) in [5.74, 6) is 2.20. The highest BCUT2D eigenvalue weighted by atomic mass is 79.9. The summed E-state index contributed by atoms with van der Waals surface area (Å²) >= 11 is 5.16. The molecule has 0 saturated carbocycles. The number of ether oxygens (including phenoxy) is 2. The van der Waals surface area contributed by atoms with Crippen LogP contribution < -0.4 is 9.47 Å². The Morgan fingerprint density at radius 3 is 2.80 bits per heavy atom. The summed E-state index contributed by atoms with van der Waals surface area (Å²) in [5, 5.41) is -0.0427. The van der Waals surface area contributed by atoms with E-state index < -0.39 is 0 Å². The number of hydrogen-bond donors (Lipinski definition) is 0. The van der Waals surface area contributed by atoms with Crippen LogP contribution in [-0.4, -0.2) is 34.9 Å². The number of thioether (sulfide) groups is 1. The van der Waals surface area contributed by atoms with Gasteiger partial charge in [-0.25, -0.2) is 0 Å². The zero-order valence-corrected chi connectivity index (χ0v) is 18.5. The van der Waals surface area contributed by atoms with Crippen LogP contribution in [0.25, 0.3) is 11.1 Å². The number of aromatic nitrogens is 1. The molecule has 3 heterocycles. The van der Waals surface area contributed by atoms with Gasteiger partial charge in [-0.15, -0.1) is 11.8 Å². The normalized spacial score (nSPS) is 17.6. The molecule has 7 heteroatoms. The number of fused-ring (bicyclic) bond motifs is 1. The van der Waals surface area contributed by atoms with Gasteiger partial charge in [0.05, 0.1) is 5.75 Å². The van der Waals surface area contributed by atoms with Crippen LogP contribution in [0.1, 0.15) is 16.5 Å². The number of benzene rings is 2. The molecule has 0 radical (unpaired) electrons. The molecule has 1 unspecified atom stereocenters. The lowest BCUT2D eigenvalue weighted by molar-refractivity contribution is -0.128. The minimum Gasteiger partial charge on any atom is -0.454 e. The smallest absolute Gasteiger partial charge is 0.233 e. The minimum atomic E-state index is -0.0427. The zero-order valence-electron chi connectivity index (χ0n) is 16.1. The molecule has 0 N–H and O–H groups in total. The first-order chi connectivity index (χ1) is 14.7. The lowest BCUT2D eigenvalue weighted by Crippen LogP contribution is -2.30.